The molecule has 0 amide bonds. The van der Waals surface area contributed by atoms with Gasteiger partial charge in [-0.1, -0.05) is 0 Å². The molecular formula is C9H14F2O. The second-order valence-corrected chi connectivity index (χ2v) is 3.86. The van der Waals surface area contributed by atoms with Gasteiger partial charge in [-0.15, -0.1) is 0 Å². The van der Waals surface area contributed by atoms with Crippen LogP contribution in [0.1, 0.15) is 38.5 Å². The van der Waals surface area contributed by atoms with E-state index in [1.165, 1.54) is 0 Å². The molecule has 0 radical (unpaired) electrons. The Morgan fingerprint density at radius 3 is 2.17 bits per heavy atom. The topological polar surface area (TPSA) is 9.23 Å². The molecule has 70 valence electrons. The van der Waals surface area contributed by atoms with Crippen molar-refractivity contribution in [3.8, 4) is 0 Å². The summed E-state index contributed by atoms with van der Waals surface area (Å²) in [4.78, 5) is 0. The van der Waals surface area contributed by atoms with Gasteiger partial charge < -0.3 is 4.74 Å². The second kappa shape index (κ2) is 2.66. The van der Waals surface area contributed by atoms with E-state index in [-0.39, 0.29) is 6.42 Å². The first-order valence-electron chi connectivity index (χ1n) is 4.68. The Bertz CT molecular complexity index is 173. The highest BCUT2D eigenvalue weighted by Gasteiger charge is 2.58. The van der Waals surface area contributed by atoms with Crippen LogP contribution in [0.4, 0.5) is 8.78 Å². The van der Waals surface area contributed by atoms with Crippen LogP contribution in [0.5, 0.6) is 0 Å². The SMILES string of the molecule is FC1(F)CCCC12CCCCO2. The molecule has 0 aromatic heterocycles. The fourth-order valence-electron chi connectivity index (χ4n) is 2.34. The Morgan fingerprint density at radius 2 is 1.67 bits per heavy atom. The molecule has 1 saturated heterocycles. The third-order valence-corrected chi connectivity index (χ3v) is 3.09. The Labute approximate surface area is 71.1 Å². The summed E-state index contributed by atoms with van der Waals surface area (Å²) in [5.41, 5.74) is -1.06. The molecule has 1 heterocycles. The summed E-state index contributed by atoms with van der Waals surface area (Å²) >= 11 is 0. The Balaban J connectivity index is 2.17. The highest BCUT2D eigenvalue weighted by Crippen LogP contribution is 2.50. The van der Waals surface area contributed by atoms with E-state index in [0.717, 1.165) is 12.8 Å². The molecule has 1 nitrogen and oxygen atoms in total. The monoisotopic (exact) mass is 176 g/mol. The molecule has 0 N–H and O–H groups in total. The van der Waals surface area contributed by atoms with Gasteiger partial charge in [-0.2, -0.15) is 0 Å². The number of halogens is 2. The molecule has 1 spiro atoms. The predicted molar refractivity (Wildman–Crippen MR) is 41.3 cm³/mol. The van der Waals surface area contributed by atoms with Crippen molar-refractivity contribution in [3.05, 3.63) is 0 Å². The molecule has 3 heteroatoms. The van der Waals surface area contributed by atoms with Gasteiger partial charge in [0.15, 0.2) is 0 Å². The molecule has 1 aliphatic carbocycles. The van der Waals surface area contributed by atoms with Gasteiger partial charge in [0.2, 0.25) is 0 Å². The van der Waals surface area contributed by atoms with Crippen LogP contribution < -0.4 is 0 Å². The zero-order valence-corrected chi connectivity index (χ0v) is 7.11. The van der Waals surface area contributed by atoms with Gasteiger partial charge in [0.05, 0.1) is 0 Å². The van der Waals surface area contributed by atoms with E-state index in [0.29, 0.717) is 25.9 Å². The highest BCUT2D eigenvalue weighted by atomic mass is 19.3. The highest BCUT2D eigenvalue weighted by molar-refractivity contribution is 5.01. The molecule has 0 aromatic carbocycles. The molecule has 0 aromatic rings. The van der Waals surface area contributed by atoms with Crippen LogP contribution in [0.25, 0.3) is 0 Å². The van der Waals surface area contributed by atoms with E-state index in [2.05, 4.69) is 0 Å². The molecule has 1 saturated carbocycles. The van der Waals surface area contributed by atoms with E-state index in [9.17, 15) is 8.78 Å². The van der Waals surface area contributed by atoms with Crippen molar-refractivity contribution in [2.24, 2.45) is 0 Å². The summed E-state index contributed by atoms with van der Waals surface area (Å²) in [5, 5.41) is 0. The van der Waals surface area contributed by atoms with E-state index < -0.39 is 11.5 Å². The van der Waals surface area contributed by atoms with Gasteiger partial charge in [-0.25, -0.2) is 8.78 Å². The van der Waals surface area contributed by atoms with E-state index >= 15 is 0 Å². The average Bonchev–Trinajstić information content (AvgIpc) is 2.30. The van der Waals surface area contributed by atoms with Gasteiger partial charge in [0.1, 0.15) is 5.60 Å². The van der Waals surface area contributed by atoms with Gasteiger partial charge in [0.25, 0.3) is 5.92 Å². The van der Waals surface area contributed by atoms with Gasteiger partial charge >= 0.3 is 0 Å². The minimum absolute atomic E-state index is 0.0208. The van der Waals surface area contributed by atoms with Crippen molar-refractivity contribution in [1.29, 1.82) is 0 Å². The van der Waals surface area contributed by atoms with Gasteiger partial charge in [-0.05, 0) is 32.1 Å². The van der Waals surface area contributed by atoms with Crippen LogP contribution in [0.3, 0.4) is 0 Å². The molecule has 1 atom stereocenters. The minimum Gasteiger partial charge on any atom is -0.369 e. The van der Waals surface area contributed by atoms with E-state index in [1.54, 1.807) is 0 Å². The third-order valence-electron chi connectivity index (χ3n) is 3.09. The fraction of sp³-hybridized carbons (Fsp3) is 1.00. The number of rotatable bonds is 0. The zero-order valence-electron chi connectivity index (χ0n) is 7.11. The molecule has 12 heavy (non-hydrogen) atoms. The lowest BCUT2D eigenvalue weighted by Crippen LogP contribution is -2.47. The number of alkyl halides is 2. The third kappa shape index (κ3) is 1.06. The maximum atomic E-state index is 13.4. The lowest BCUT2D eigenvalue weighted by Gasteiger charge is -2.38. The quantitative estimate of drug-likeness (QED) is 0.551. The van der Waals surface area contributed by atoms with Gasteiger partial charge in [0, 0.05) is 13.0 Å². The van der Waals surface area contributed by atoms with Gasteiger partial charge in [-0.3, -0.25) is 0 Å². The first-order valence-corrected chi connectivity index (χ1v) is 4.68. The molecule has 2 fully saturated rings. The first kappa shape index (κ1) is 8.42. The largest absolute Gasteiger partial charge is 0.369 e. The Hall–Kier alpha value is -0.180. The van der Waals surface area contributed by atoms with Crippen molar-refractivity contribution in [2.45, 2.75) is 50.0 Å². The number of hydrogen-bond donors (Lipinski definition) is 0. The van der Waals surface area contributed by atoms with Crippen LogP contribution in [0.15, 0.2) is 0 Å². The maximum Gasteiger partial charge on any atom is 0.276 e. The summed E-state index contributed by atoms with van der Waals surface area (Å²) in [6, 6.07) is 0. The first-order chi connectivity index (χ1) is 5.66. The predicted octanol–water partition coefficient (Wildman–Crippen LogP) is 2.74. The molecule has 2 rings (SSSR count). The lowest BCUT2D eigenvalue weighted by atomic mass is 9.90. The van der Waals surface area contributed by atoms with Crippen LogP contribution in [0, 0.1) is 0 Å². The normalized spacial score (nSPS) is 40.5. The standard InChI is InChI=1S/C9H14F2O/c10-9(11)6-3-5-8(9)4-1-2-7-12-8/h1-7H2. The summed E-state index contributed by atoms with van der Waals surface area (Å²) in [6.45, 7) is 0.523. The molecular weight excluding hydrogens is 162 g/mol. The number of hydrogen-bond acceptors (Lipinski definition) is 1. The van der Waals surface area contributed by atoms with Crippen LogP contribution in [-0.2, 0) is 4.74 Å². The molecule has 2 aliphatic rings. The van der Waals surface area contributed by atoms with Crippen LogP contribution in [-0.4, -0.2) is 18.1 Å². The second-order valence-electron chi connectivity index (χ2n) is 3.86. The lowest BCUT2D eigenvalue weighted by molar-refractivity contribution is -0.207. The summed E-state index contributed by atoms with van der Waals surface area (Å²) in [5.74, 6) is -2.56. The van der Waals surface area contributed by atoms with Crippen molar-refractivity contribution >= 4 is 0 Å². The molecule has 1 aliphatic heterocycles. The fourth-order valence-corrected chi connectivity index (χ4v) is 2.34. The van der Waals surface area contributed by atoms with Crippen molar-refractivity contribution in [1.82, 2.24) is 0 Å². The smallest absolute Gasteiger partial charge is 0.276 e. The number of ether oxygens (including phenoxy) is 1. The van der Waals surface area contributed by atoms with Crippen molar-refractivity contribution in [3.63, 3.8) is 0 Å². The van der Waals surface area contributed by atoms with E-state index in [4.69, 9.17) is 4.74 Å². The van der Waals surface area contributed by atoms with Crippen LogP contribution >= 0.6 is 0 Å². The van der Waals surface area contributed by atoms with E-state index in [1.807, 2.05) is 0 Å². The van der Waals surface area contributed by atoms with Crippen molar-refractivity contribution in [2.75, 3.05) is 6.61 Å². The van der Waals surface area contributed by atoms with Crippen LogP contribution in [0.2, 0.25) is 0 Å². The Morgan fingerprint density at radius 1 is 0.917 bits per heavy atom. The summed E-state index contributed by atoms with van der Waals surface area (Å²) in [7, 11) is 0. The Kier molecular flexibility index (Phi) is 1.86. The zero-order chi connectivity index (χ0) is 8.66. The molecule has 0 bridgehead atoms. The average molecular weight is 176 g/mol. The summed E-state index contributed by atoms with van der Waals surface area (Å²) in [6.07, 6.45) is 3.59. The maximum absolute atomic E-state index is 13.4. The van der Waals surface area contributed by atoms with Crippen molar-refractivity contribution < 1.29 is 13.5 Å². The minimum atomic E-state index is -2.56. The summed E-state index contributed by atoms with van der Waals surface area (Å²) < 4.78 is 32.0. The molecule has 1 unspecified atom stereocenters.